The second-order valence-electron chi connectivity index (χ2n) is 6.44. The minimum absolute atomic E-state index is 0.666. The third-order valence-corrected chi connectivity index (χ3v) is 4.77. The first kappa shape index (κ1) is 17.1. The number of hydrogen-bond donors (Lipinski definition) is 0. The van der Waals surface area contributed by atoms with E-state index >= 15 is 0 Å². The zero-order chi connectivity index (χ0) is 15.6. The zero-order valence-electron chi connectivity index (χ0n) is 13.8. The van der Waals surface area contributed by atoms with E-state index in [4.69, 9.17) is 4.74 Å². The number of halogens is 1. The van der Waals surface area contributed by atoms with Crippen LogP contribution in [-0.4, -0.2) is 6.61 Å². The smallest absolute Gasteiger partial charge is 0.119 e. The molecule has 2 rings (SSSR count). The summed E-state index contributed by atoms with van der Waals surface area (Å²) in [5.74, 6) is 2.32. The summed E-state index contributed by atoms with van der Waals surface area (Å²) in [5.41, 5.74) is 1.43. The predicted octanol–water partition coefficient (Wildman–Crippen LogP) is 6.40. The number of ether oxygens (including phenoxy) is 1. The van der Waals surface area contributed by atoms with Crippen LogP contribution >= 0.6 is 0 Å². The van der Waals surface area contributed by atoms with Crippen LogP contribution in [0.4, 0.5) is 4.39 Å². The number of allylic oxidation sites excluding steroid dienone is 1. The predicted molar refractivity (Wildman–Crippen MR) is 91.0 cm³/mol. The minimum Gasteiger partial charge on any atom is -0.494 e. The molecule has 0 heterocycles. The van der Waals surface area contributed by atoms with Gasteiger partial charge >= 0.3 is 0 Å². The highest BCUT2D eigenvalue weighted by molar-refractivity contribution is 5.29. The Morgan fingerprint density at radius 3 is 2.45 bits per heavy atom. The van der Waals surface area contributed by atoms with Crippen molar-refractivity contribution in [2.75, 3.05) is 6.61 Å². The van der Waals surface area contributed by atoms with Crippen molar-refractivity contribution in [3.8, 4) is 5.75 Å². The molecular formula is C20H29FO. The maximum absolute atomic E-state index is 12.1. The number of benzene rings is 1. The maximum Gasteiger partial charge on any atom is 0.119 e. The highest BCUT2D eigenvalue weighted by atomic mass is 19.1. The summed E-state index contributed by atoms with van der Waals surface area (Å²) in [7, 11) is 0. The van der Waals surface area contributed by atoms with Crippen LogP contribution in [0.5, 0.6) is 5.75 Å². The summed E-state index contributed by atoms with van der Waals surface area (Å²) < 4.78 is 17.8. The van der Waals surface area contributed by atoms with Crippen molar-refractivity contribution in [3.05, 3.63) is 42.2 Å². The lowest BCUT2D eigenvalue weighted by molar-refractivity contribution is 0.305. The van der Waals surface area contributed by atoms with Crippen LogP contribution in [0.3, 0.4) is 0 Å². The molecule has 0 N–H and O–H groups in total. The Balaban J connectivity index is 1.76. The fourth-order valence-corrected chi connectivity index (χ4v) is 3.35. The first-order chi connectivity index (χ1) is 10.8. The van der Waals surface area contributed by atoms with E-state index in [2.05, 4.69) is 31.2 Å². The summed E-state index contributed by atoms with van der Waals surface area (Å²) in [6.45, 7) is 3.03. The molecule has 0 spiro atoms. The molecule has 2 heteroatoms. The molecule has 0 amide bonds. The van der Waals surface area contributed by atoms with Crippen molar-refractivity contribution in [2.24, 2.45) is 5.92 Å². The Bertz CT molecular complexity index is 430. The third-order valence-electron chi connectivity index (χ3n) is 4.77. The number of unbranched alkanes of at least 4 members (excludes halogenated alkanes) is 2. The van der Waals surface area contributed by atoms with Crippen LogP contribution in [0.2, 0.25) is 0 Å². The van der Waals surface area contributed by atoms with Crippen molar-refractivity contribution in [1.82, 2.24) is 0 Å². The van der Waals surface area contributed by atoms with Gasteiger partial charge in [-0.25, -0.2) is 4.39 Å². The normalized spacial score (nSPS) is 22.1. The average molecular weight is 304 g/mol. The van der Waals surface area contributed by atoms with Crippen molar-refractivity contribution >= 4 is 0 Å². The van der Waals surface area contributed by atoms with Crippen molar-refractivity contribution in [1.29, 1.82) is 0 Å². The lowest BCUT2D eigenvalue weighted by Gasteiger charge is -2.28. The molecule has 0 aromatic heterocycles. The van der Waals surface area contributed by atoms with E-state index in [-0.39, 0.29) is 0 Å². The monoisotopic (exact) mass is 304 g/mol. The summed E-state index contributed by atoms with van der Waals surface area (Å²) in [5, 5.41) is 0. The molecule has 0 aliphatic heterocycles. The standard InChI is InChI=1S/C20H29FO/c1-2-3-4-16-22-20-13-11-19(12-14-20)18-9-7-17(8-10-18)6-5-15-21/h5,11-15,17-18H,2-4,6-10,16H2,1H3/b15-5+. The summed E-state index contributed by atoms with van der Waals surface area (Å²) in [6.07, 6.45) is 11.7. The molecule has 1 aromatic rings. The van der Waals surface area contributed by atoms with Crippen LogP contribution < -0.4 is 4.74 Å². The van der Waals surface area contributed by atoms with Crippen molar-refractivity contribution in [3.63, 3.8) is 0 Å². The topological polar surface area (TPSA) is 9.23 Å². The fraction of sp³-hybridized carbons (Fsp3) is 0.600. The molecule has 1 nitrogen and oxygen atoms in total. The van der Waals surface area contributed by atoms with E-state index < -0.39 is 0 Å². The van der Waals surface area contributed by atoms with Gasteiger partial charge in [0, 0.05) is 0 Å². The largest absolute Gasteiger partial charge is 0.494 e. The molecule has 1 aromatic carbocycles. The van der Waals surface area contributed by atoms with Crippen LogP contribution in [0.25, 0.3) is 0 Å². The Hall–Kier alpha value is -1.31. The molecule has 0 atom stereocenters. The van der Waals surface area contributed by atoms with Crippen molar-refractivity contribution in [2.45, 2.75) is 64.2 Å². The molecule has 0 saturated heterocycles. The summed E-state index contributed by atoms with van der Waals surface area (Å²) in [6, 6.07) is 8.67. The molecule has 122 valence electrons. The molecule has 1 saturated carbocycles. The highest BCUT2D eigenvalue weighted by Crippen LogP contribution is 2.37. The van der Waals surface area contributed by atoms with Crippen LogP contribution in [0.15, 0.2) is 36.7 Å². The minimum atomic E-state index is 0.666. The van der Waals surface area contributed by atoms with E-state index in [1.165, 1.54) is 44.1 Å². The van der Waals surface area contributed by atoms with E-state index in [1.807, 2.05) is 0 Å². The number of rotatable bonds is 8. The lowest BCUT2D eigenvalue weighted by atomic mass is 9.77. The van der Waals surface area contributed by atoms with E-state index in [0.717, 1.165) is 25.2 Å². The molecule has 1 aliphatic rings. The van der Waals surface area contributed by atoms with Gasteiger partial charge < -0.3 is 4.74 Å². The lowest BCUT2D eigenvalue weighted by Crippen LogP contribution is -2.12. The van der Waals surface area contributed by atoms with Crippen LogP contribution in [0.1, 0.15) is 69.8 Å². The van der Waals surface area contributed by atoms with Gasteiger partial charge in [-0.3, -0.25) is 0 Å². The Morgan fingerprint density at radius 2 is 1.82 bits per heavy atom. The Labute approximate surface area is 134 Å². The molecule has 1 fully saturated rings. The van der Waals surface area contributed by atoms with Crippen molar-refractivity contribution < 1.29 is 9.13 Å². The highest BCUT2D eigenvalue weighted by Gasteiger charge is 2.21. The van der Waals surface area contributed by atoms with Gasteiger partial charge in [0.25, 0.3) is 0 Å². The van der Waals surface area contributed by atoms with E-state index in [9.17, 15) is 4.39 Å². The molecular weight excluding hydrogens is 275 g/mol. The second kappa shape index (κ2) is 9.66. The molecule has 22 heavy (non-hydrogen) atoms. The van der Waals surface area contributed by atoms with Gasteiger partial charge in [0.2, 0.25) is 0 Å². The van der Waals surface area contributed by atoms with Gasteiger partial charge in [-0.15, -0.1) is 0 Å². The van der Waals surface area contributed by atoms with Gasteiger partial charge in [-0.05, 0) is 68.1 Å². The van der Waals surface area contributed by atoms with Gasteiger partial charge in [0.1, 0.15) is 5.75 Å². The molecule has 0 radical (unpaired) electrons. The van der Waals surface area contributed by atoms with Crippen LogP contribution in [-0.2, 0) is 0 Å². The zero-order valence-corrected chi connectivity index (χ0v) is 13.8. The SMILES string of the molecule is CCCCCOc1ccc(C2CCC(C/C=C/F)CC2)cc1. The van der Waals surface area contributed by atoms with Gasteiger partial charge in [-0.2, -0.15) is 0 Å². The van der Waals surface area contributed by atoms with Gasteiger partial charge in [0.05, 0.1) is 12.9 Å². The first-order valence-corrected chi connectivity index (χ1v) is 8.81. The molecule has 0 bridgehead atoms. The van der Waals surface area contributed by atoms with Gasteiger partial charge in [-0.1, -0.05) is 38.0 Å². The maximum atomic E-state index is 12.1. The fourth-order valence-electron chi connectivity index (χ4n) is 3.35. The summed E-state index contributed by atoms with van der Waals surface area (Å²) >= 11 is 0. The molecule has 1 aliphatic carbocycles. The first-order valence-electron chi connectivity index (χ1n) is 8.81. The van der Waals surface area contributed by atoms with Gasteiger partial charge in [0.15, 0.2) is 0 Å². The van der Waals surface area contributed by atoms with Crippen LogP contribution in [0, 0.1) is 5.92 Å². The Kier molecular flexibility index (Phi) is 7.48. The molecule has 0 unspecified atom stereocenters. The van der Waals surface area contributed by atoms with E-state index in [0.29, 0.717) is 18.2 Å². The average Bonchev–Trinajstić information content (AvgIpc) is 2.58. The number of hydrogen-bond acceptors (Lipinski definition) is 1. The Morgan fingerprint density at radius 1 is 1.09 bits per heavy atom. The summed E-state index contributed by atoms with van der Waals surface area (Å²) in [4.78, 5) is 0. The second-order valence-corrected chi connectivity index (χ2v) is 6.44. The third kappa shape index (κ3) is 5.47. The van der Waals surface area contributed by atoms with E-state index in [1.54, 1.807) is 6.08 Å². The quantitative estimate of drug-likeness (QED) is 0.505.